The van der Waals surface area contributed by atoms with Crippen molar-refractivity contribution in [1.82, 2.24) is 25.4 Å². The number of aliphatic imine (C=N–C) groups is 1. The van der Waals surface area contributed by atoms with E-state index in [1.54, 1.807) is 11.8 Å². The standard InChI is InChI=1S/C11H22N6O.HI/c1-5-12-11(16-9(2)7-18-4)13-6-10-14-8-15-17(10)3;/h8-9H,5-7H2,1-4H3,(H2,12,13,16);1H. The van der Waals surface area contributed by atoms with E-state index in [0.717, 1.165) is 18.3 Å². The van der Waals surface area contributed by atoms with Crippen LogP contribution in [-0.2, 0) is 18.3 Å². The van der Waals surface area contributed by atoms with Gasteiger partial charge in [-0.1, -0.05) is 0 Å². The topological polar surface area (TPSA) is 76.4 Å². The van der Waals surface area contributed by atoms with E-state index in [-0.39, 0.29) is 30.0 Å². The highest BCUT2D eigenvalue weighted by Gasteiger charge is 2.05. The smallest absolute Gasteiger partial charge is 0.191 e. The van der Waals surface area contributed by atoms with Gasteiger partial charge in [0.25, 0.3) is 0 Å². The van der Waals surface area contributed by atoms with Crippen molar-refractivity contribution in [1.29, 1.82) is 0 Å². The summed E-state index contributed by atoms with van der Waals surface area (Å²) in [5.74, 6) is 1.58. The Bertz CT molecular complexity index is 381. The molecule has 0 aromatic carbocycles. The van der Waals surface area contributed by atoms with Gasteiger partial charge in [-0.15, -0.1) is 24.0 Å². The van der Waals surface area contributed by atoms with Gasteiger partial charge in [0.15, 0.2) is 5.96 Å². The zero-order chi connectivity index (χ0) is 13.4. The Hall–Kier alpha value is -0.900. The van der Waals surface area contributed by atoms with Crippen LogP contribution in [0, 0.1) is 0 Å². The number of hydrogen-bond acceptors (Lipinski definition) is 4. The van der Waals surface area contributed by atoms with Gasteiger partial charge in [0.2, 0.25) is 0 Å². The van der Waals surface area contributed by atoms with E-state index in [1.165, 1.54) is 6.33 Å². The maximum atomic E-state index is 5.08. The first-order chi connectivity index (χ1) is 8.67. The van der Waals surface area contributed by atoms with Crippen LogP contribution in [0.15, 0.2) is 11.3 Å². The summed E-state index contributed by atoms with van der Waals surface area (Å²) in [4.78, 5) is 8.58. The molecule has 2 N–H and O–H groups in total. The van der Waals surface area contributed by atoms with Crippen LogP contribution in [0.2, 0.25) is 0 Å². The summed E-state index contributed by atoms with van der Waals surface area (Å²) in [6.07, 6.45) is 1.53. The summed E-state index contributed by atoms with van der Waals surface area (Å²) in [6, 6.07) is 0.201. The van der Waals surface area contributed by atoms with E-state index in [2.05, 4.69) is 25.7 Å². The molecule has 0 radical (unpaired) electrons. The van der Waals surface area contributed by atoms with E-state index in [0.29, 0.717) is 13.2 Å². The predicted molar refractivity (Wildman–Crippen MR) is 85.7 cm³/mol. The minimum absolute atomic E-state index is 0. The molecule has 1 heterocycles. The van der Waals surface area contributed by atoms with Crippen molar-refractivity contribution in [2.45, 2.75) is 26.4 Å². The number of rotatable bonds is 6. The van der Waals surface area contributed by atoms with Crippen LogP contribution in [-0.4, -0.2) is 47.0 Å². The molecule has 0 aliphatic rings. The largest absolute Gasteiger partial charge is 0.383 e. The fourth-order valence-electron chi connectivity index (χ4n) is 1.46. The molecule has 0 saturated carbocycles. The molecular formula is C11H23IN6O. The van der Waals surface area contributed by atoms with E-state index < -0.39 is 0 Å². The first kappa shape index (κ1) is 18.1. The van der Waals surface area contributed by atoms with Crippen molar-refractivity contribution in [3.8, 4) is 0 Å². The Morgan fingerprint density at radius 2 is 2.32 bits per heavy atom. The monoisotopic (exact) mass is 382 g/mol. The Kier molecular flexibility index (Phi) is 9.48. The van der Waals surface area contributed by atoms with Gasteiger partial charge in [-0.3, -0.25) is 4.68 Å². The highest BCUT2D eigenvalue weighted by molar-refractivity contribution is 14.0. The van der Waals surface area contributed by atoms with Gasteiger partial charge >= 0.3 is 0 Å². The highest BCUT2D eigenvalue weighted by Crippen LogP contribution is 1.93. The molecule has 0 aliphatic heterocycles. The number of methoxy groups -OCH3 is 1. The quantitative estimate of drug-likeness (QED) is 0.426. The SMILES string of the molecule is CCNC(=NCc1ncnn1C)NC(C)COC.I. The first-order valence-electron chi connectivity index (χ1n) is 6.04. The van der Waals surface area contributed by atoms with Crippen LogP contribution in [0.3, 0.4) is 0 Å². The first-order valence-corrected chi connectivity index (χ1v) is 6.04. The zero-order valence-electron chi connectivity index (χ0n) is 11.9. The average molecular weight is 382 g/mol. The van der Waals surface area contributed by atoms with Crippen LogP contribution >= 0.6 is 24.0 Å². The van der Waals surface area contributed by atoms with E-state index in [1.807, 2.05) is 20.9 Å². The third kappa shape index (κ3) is 6.71. The molecule has 1 aromatic rings. The number of hydrogen-bond donors (Lipinski definition) is 2. The third-order valence-electron chi connectivity index (χ3n) is 2.33. The average Bonchev–Trinajstić information content (AvgIpc) is 2.72. The van der Waals surface area contributed by atoms with Crippen LogP contribution in [0.5, 0.6) is 0 Å². The lowest BCUT2D eigenvalue weighted by atomic mass is 10.4. The molecule has 0 fully saturated rings. The van der Waals surface area contributed by atoms with Crippen molar-refractivity contribution in [3.63, 3.8) is 0 Å². The fraction of sp³-hybridized carbons (Fsp3) is 0.727. The minimum atomic E-state index is 0. The van der Waals surface area contributed by atoms with Gasteiger partial charge in [-0.25, -0.2) is 9.98 Å². The molecule has 1 aromatic heterocycles. The maximum Gasteiger partial charge on any atom is 0.191 e. The third-order valence-corrected chi connectivity index (χ3v) is 2.33. The molecule has 19 heavy (non-hydrogen) atoms. The van der Waals surface area contributed by atoms with Gasteiger partial charge in [0.05, 0.1) is 6.61 Å². The molecule has 1 unspecified atom stereocenters. The fourth-order valence-corrected chi connectivity index (χ4v) is 1.46. The minimum Gasteiger partial charge on any atom is -0.383 e. The van der Waals surface area contributed by atoms with Crippen LogP contribution in [0.1, 0.15) is 19.7 Å². The molecule has 1 rings (SSSR count). The van der Waals surface area contributed by atoms with E-state index in [9.17, 15) is 0 Å². The van der Waals surface area contributed by atoms with Gasteiger partial charge in [-0.05, 0) is 13.8 Å². The second-order valence-corrected chi connectivity index (χ2v) is 4.00. The number of halogens is 1. The molecule has 8 heteroatoms. The lowest BCUT2D eigenvalue weighted by Gasteiger charge is -2.16. The lowest BCUT2D eigenvalue weighted by Crippen LogP contribution is -2.44. The summed E-state index contributed by atoms with van der Waals surface area (Å²) in [5, 5.41) is 10.4. The summed E-state index contributed by atoms with van der Waals surface area (Å²) in [5.41, 5.74) is 0. The Morgan fingerprint density at radius 1 is 1.58 bits per heavy atom. The Balaban J connectivity index is 0.00000324. The van der Waals surface area contributed by atoms with Gasteiger partial charge < -0.3 is 15.4 Å². The molecule has 0 spiro atoms. The number of aromatic nitrogens is 3. The summed E-state index contributed by atoms with van der Waals surface area (Å²) in [7, 11) is 3.54. The summed E-state index contributed by atoms with van der Waals surface area (Å²) in [6.45, 7) is 6.00. The van der Waals surface area contributed by atoms with Gasteiger partial charge in [-0.2, -0.15) is 5.10 Å². The Morgan fingerprint density at radius 3 is 2.84 bits per heavy atom. The van der Waals surface area contributed by atoms with Gasteiger partial charge in [0.1, 0.15) is 18.7 Å². The van der Waals surface area contributed by atoms with Crippen molar-refractivity contribution in [2.75, 3.05) is 20.3 Å². The molecule has 110 valence electrons. The Labute approximate surface area is 131 Å². The molecular weight excluding hydrogens is 359 g/mol. The summed E-state index contributed by atoms with van der Waals surface area (Å²) < 4.78 is 6.79. The lowest BCUT2D eigenvalue weighted by molar-refractivity contribution is 0.179. The van der Waals surface area contributed by atoms with Crippen molar-refractivity contribution in [3.05, 3.63) is 12.2 Å². The molecule has 0 bridgehead atoms. The predicted octanol–water partition coefficient (Wildman–Crippen LogP) is 0.523. The zero-order valence-corrected chi connectivity index (χ0v) is 14.2. The number of ether oxygens (including phenoxy) is 1. The van der Waals surface area contributed by atoms with Crippen molar-refractivity contribution < 1.29 is 4.74 Å². The summed E-state index contributed by atoms with van der Waals surface area (Å²) >= 11 is 0. The normalized spacial score (nSPS) is 12.7. The second kappa shape index (κ2) is 9.96. The van der Waals surface area contributed by atoms with E-state index in [4.69, 9.17) is 4.74 Å². The molecule has 0 aliphatic carbocycles. The molecule has 1 atom stereocenters. The highest BCUT2D eigenvalue weighted by atomic mass is 127. The number of nitrogens with one attached hydrogen (secondary N) is 2. The molecule has 7 nitrogen and oxygen atoms in total. The van der Waals surface area contributed by atoms with E-state index >= 15 is 0 Å². The van der Waals surface area contributed by atoms with Crippen molar-refractivity contribution >= 4 is 29.9 Å². The van der Waals surface area contributed by atoms with Crippen LogP contribution in [0.4, 0.5) is 0 Å². The van der Waals surface area contributed by atoms with Gasteiger partial charge in [0, 0.05) is 26.7 Å². The van der Waals surface area contributed by atoms with Crippen molar-refractivity contribution in [2.24, 2.45) is 12.0 Å². The maximum absolute atomic E-state index is 5.08. The number of aryl methyl sites for hydroxylation is 1. The molecule has 0 saturated heterocycles. The van der Waals surface area contributed by atoms with Crippen LogP contribution in [0.25, 0.3) is 0 Å². The number of nitrogens with zero attached hydrogens (tertiary/aromatic N) is 4. The van der Waals surface area contributed by atoms with Crippen LogP contribution < -0.4 is 10.6 Å². The second-order valence-electron chi connectivity index (χ2n) is 4.00. The molecule has 0 amide bonds. The number of guanidine groups is 1.